The van der Waals surface area contributed by atoms with E-state index in [0.29, 0.717) is 0 Å². The second-order valence-corrected chi connectivity index (χ2v) is 6.78. The van der Waals surface area contributed by atoms with Gasteiger partial charge >= 0.3 is 0 Å². The lowest BCUT2D eigenvalue weighted by atomic mass is 10.3. The summed E-state index contributed by atoms with van der Waals surface area (Å²) in [6, 6.07) is 3.76. The molecule has 17 heavy (non-hydrogen) atoms. The highest BCUT2D eigenvalue weighted by atomic mass is 32.2. The third-order valence-electron chi connectivity index (χ3n) is 2.63. The van der Waals surface area contributed by atoms with E-state index in [0.717, 1.165) is 15.9 Å². The number of hydrogen-bond acceptors (Lipinski definition) is 5. The average Bonchev–Trinajstić information content (AvgIpc) is 2.85. The van der Waals surface area contributed by atoms with Gasteiger partial charge in [-0.1, -0.05) is 0 Å². The molecule has 2 aromatic heterocycles. The van der Waals surface area contributed by atoms with Crippen molar-refractivity contribution in [2.75, 3.05) is 11.1 Å². The molecule has 88 valence electrons. The maximum Gasteiger partial charge on any atom is 0.173 e. The van der Waals surface area contributed by atoms with Gasteiger partial charge in [0.15, 0.2) is 9.84 Å². The number of rotatable bonds is 2. The van der Waals surface area contributed by atoms with Crippen LogP contribution in [0.15, 0.2) is 35.2 Å². The van der Waals surface area contributed by atoms with Crippen molar-refractivity contribution in [2.24, 2.45) is 0 Å². The molecule has 3 heterocycles. The maximum absolute atomic E-state index is 11.3. The van der Waals surface area contributed by atoms with Crippen molar-refractivity contribution in [1.29, 1.82) is 0 Å². The van der Waals surface area contributed by atoms with Gasteiger partial charge in [0.2, 0.25) is 0 Å². The fourth-order valence-corrected chi connectivity index (χ4v) is 3.87. The number of nitrogens with one attached hydrogen (secondary N) is 1. The van der Waals surface area contributed by atoms with Crippen LogP contribution >= 0.6 is 11.3 Å². The molecule has 0 fully saturated rings. The Morgan fingerprint density at radius 2 is 2.29 bits per heavy atom. The van der Waals surface area contributed by atoms with E-state index in [2.05, 4.69) is 10.3 Å². The van der Waals surface area contributed by atoms with E-state index in [1.807, 2.05) is 17.5 Å². The average molecular weight is 266 g/mol. The maximum atomic E-state index is 11.3. The van der Waals surface area contributed by atoms with Gasteiger partial charge in [0.05, 0.1) is 11.8 Å². The smallest absolute Gasteiger partial charge is 0.173 e. The van der Waals surface area contributed by atoms with E-state index in [1.54, 1.807) is 23.6 Å². The molecule has 0 aliphatic carbocycles. The van der Waals surface area contributed by atoms with Crippen LogP contribution < -0.4 is 5.32 Å². The van der Waals surface area contributed by atoms with Crippen molar-refractivity contribution >= 4 is 37.1 Å². The molecule has 0 bridgehead atoms. The van der Waals surface area contributed by atoms with Crippen LogP contribution in [0.2, 0.25) is 0 Å². The quantitative estimate of drug-likeness (QED) is 0.903. The number of hydrogen-bond donors (Lipinski definition) is 1. The predicted molar refractivity (Wildman–Crippen MR) is 70.0 cm³/mol. The van der Waals surface area contributed by atoms with Gasteiger partial charge in [-0.3, -0.25) is 0 Å². The first-order chi connectivity index (χ1) is 8.14. The van der Waals surface area contributed by atoms with E-state index < -0.39 is 9.84 Å². The van der Waals surface area contributed by atoms with Crippen molar-refractivity contribution in [3.05, 3.63) is 35.2 Å². The number of anilines is 1. The summed E-state index contributed by atoms with van der Waals surface area (Å²) in [6.07, 6.45) is 3.40. The van der Waals surface area contributed by atoms with Crippen LogP contribution in [0, 0.1) is 0 Å². The molecule has 1 unspecified atom stereocenters. The summed E-state index contributed by atoms with van der Waals surface area (Å²) in [4.78, 5) is 4.26. The Hall–Kier alpha value is -1.40. The molecule has 0 aromatic carbocycles. The standard InChI is InChI=1S/C11H10N2O2S2/c14-17(15)6-3-8(7-17)13-11-9-2-5-16-10(9)1-4-12-11/h1-6,8H,7H2,(H,12,13). The Balaban J connectivity index is 1.91. The minimum atomic E-state index is -3.02. The van der Waals surface area contributed by atoms with Crippen LogP contribution in [0.4, 0.5) is 5.82 Å². The van der Waals surface area contributed by atoms with E-state index in [-0.39, 0.29) is 11.8 Å². The second-order valence-electron chi connectivity index (χ2n) is 3.90. The van der Waals surface area contributed by atoms with Gasteiger partial charge in [-0.15, -0.1) is 11.3 Å². The molecule has 0 radical (unpaired) electrons. The van der Waals surface area contributed by atoms with Crippen LogP contribution in [0.5, 0.6) is 0 Å². The fraction of sp³-hybridized carbons (Fsp3) is 0.182. The SMILES string of the molecule is O=S1(=O)C=CC(Nc2nccc3sccc23)C1. The fourth-order valence-electron chi connectivity index (χ4n) is 1.85. The van der Waals surface area contributed by atoms with E-state index in [9.17, 15) is 8.42 Å². The van der Waals surface area contributed by atoms with Crippen LogP contribution in [0.1, 0.15) is 0 Å². The van der Waals surface area contributed by atoms with Crippen molar-refractivity contribution < 1.29 is 8.42 Å². The molecule has 0 spiro atoms. The monoisotopic (exact) mass is 266 g/mol. The summed E-state index contributed by atoms with van der Waals surface area (Å²) >= 11 is 1.64. The molecule has 0 saturated heterocycles. The van der Waals surface area contributed by atoms with Gasteiger partial charge in [0, 0.05) is 21.7 Å². The highest BCUT2D eigenvalue weighted by Gasteiger charge is 2.22. The van der Waals surface area contributed by atoms with Crippen LogP contribution in [0.3, 0.4) is 0 Å². The van der Waals surface area contributed by atoms with Gasteiger partial charge in [-0.2, -0.15) is 0 Å². The van der Waals surface area contributed by atoms with Crippen LogP contribution in [-0.2, 0) is 9.84 Å². The Kier molecular flexibility index (Phi) is 2.41. The molecule has 6 heteroatoms. The van der Waals surface area contributed by atoms with Crippen molar-refractivity contribution in [3.8, 4) is 0 Å². The summed E-state index contributed by atoms with van der Waals surface area (Å²) in [7, 11) is -3.02. The van der Waals surface area contributed by atoms with Crippen LogP contribution in [-0.4, -0.2) is 25.2 Å². The lowest BCUT2D eigenvalue weighted by Gasteiger charge is -2.11. The van der Waals surface area contributed by atoms with Gasteiger partial charge in [0.1, 0.15) is 5.82 Å². The third kappa shape index (κ3) is 2.05. The van der Waals surface area contributed by atoms with Gasteiger partial charge in [-0.05, 0) is 23.6 Å². The Labute approximate surface area is 103 Å². The zero-order chi connectivity index (χ0) is 11.9. The third-order valence-corrected chi connectivity index (χ3v) is 4.91. The lowest BCUT2D eigenvalue weighted by Crippen LogP contribution is -2.21. The molecule has 4 nitrogen and oxygen atoms in total. The summed E-state index contributed by atoms with van der Waals surface area (Å²) in [5.41, 5.74) is 0. The Morgan fingerprint density at radius 3 is 3.06 bits per heavy atom. The molecule has 1 atom stereocenters. The minimum Gasteiger partial charge on any atom is -0.362 e. The number of sulfone groups is 1. The normalized spacial score (nSPS) is 22.0. The molecule has 0 amide bonds. The number of thiophene rings is 1. The predicted octanol–water partition coefficient (Wildman–Crippen LogP) is 2.02. The second kappa shape index (κ2) is 3.82. The molecule has 3 rings (SSSR count). The lowest BCUT2D eigenvalue weighted by molar-refractivity contribution is 0.605. The Morgan fingerprint density at radius 1 is 1.41 bits per heavy atom. The van der Waals surface area contributed by atoms with Crippen molar-refractivity contribution in [3.63, 3.8) is 0 Å². The first-order valence-electron chi connectivity index (χ1n) is 5.14. The zero-order valence-corrected chi connectivity index (χ0v) is 10.5. The highest BCUT2D eigenvalue weighted by Crippen LogP contribution is 2.27. The van der Waals surface area contributed by atoms with E-state index in [4.69, 9.17) is 0 Å². The number of pyridine rings is 1. The largest absolute Gasteiger partial charge is 0.362 e. The molecule has 1 aliphatic heterocycles. The topological polar surface area (TPSA) is 59.1 Å². The van der Waals surface area contributed by atoms with Gasteiger partial charge in [0.25, 0.3) is 0 Å². The first kappa shape index (κ1) is 10.7. The summed E-state index contributed by atoms with van der Waals surface area (Å²) < 4.78 is 23.7. The molecular formula is C11H10N2O2S2. The van der Waals surface area contributed by atoms with Crippen molar-refractivity contribution in [1.82, 2.24) is 4.98 Å². The minimum absolute atomic E-state index is 0.106. The Bertz CT molecular complexity index is 688. The van der Waals surface area contributed by atoms with E-state index in [1.165, 1.54) is 5.41 Å². The summed E-state index contributed by atoms with van der Waals surface area (Å²) in [5, 5.41) is 7.45. The molecule has 0 saturated carbocycles. The zero-order valence-electron chi connectivity index (χ0n) is 8.83. The molecule has 1 aliphatic rings. The van der Waals surface area contributed by atoms with E-state index >= 15 is 0 Å². The summed E-state index contributed by atoms with van der Waals surface area (Å²) in [6.45, 7) is 0. The van der Waals surface area contributed by atoms with Crippen molar-refractivity contribution in [2.45, 2.75) is 6.04 Å². The molecule has 2 aromatic rings. The van der Waals surface area contributed by atoms with Gasteiger partial charge in [-0.25, -0.2) is 13.4 Å². The highest BCUT2D eigenvalue weighted by molar-refractivity contribution is 7.94. The number of fused-ring (bicyclic) bond motifs is 1. The van der Waals surface area contributed by atoms with Crippen LogP contribution in [0.25, 0.3) is 10.1 Å². The number of nitrogens with zero attached hydrogens (tertiary/aromatic N) is 1. The molecular weight excluding hydrogens is 256 g/mol. The van der Waals surface area contributed by atoms with Gasteiger partial charge < -0.3 is 5.32 Å². The number of aromatic nitrogens is 1. The summed E-state index contributed by atoms with van der Waals surface area (Å²) in [5.74, 6) is 0.852. The first-order valence-corrected chi connectivity index (χ1v) is 7.73. The molecule has 1 N–H and O–H groups in total.